The summed E-state index contributed by atoms with van der Waals surface area (Å²) in [6.07, 6.45) is 13.0. The van der Waals surface area contributed by atoms with Crippen molar-refractivity contribution in [3.05, 3.63) is 48.0 Å². The van der Waals surface area contributed by atoms with E-state index in [1.54, 1.807) is 5.56 Å². The van der Waals surface area contributed by atoms with Crippen molar-refractivity contribution >= 4 is 10.8 Å². The monoisotopic (exact) mass is 457 g/mol. The molecule has 8 atom stereocenters. The summed E-state index contributed by atoms with van der Waals surface area (Å²) in [7, 11) is 0. The van der Waals surface area contributed by atoms with E-state index in [0.29, 0.717) is 10.8 Å². The molecule has 0 heterocycles. The molecule has 2 aromatic rings. The molecule has 6 rings (SSSR count). The van der Waals surface area contributed by atoms with Crippen LogP contribution in [0.1, 0.15) is 104 Å². The molecule has 184 valence electrons. The molecule has 0 aliphatic heterocycles. The van der Waals surface area contributed by atoms with Crippen molar-refractivity contribution in [2.75, 3.05) is 0 Å². The van der Waals surface area contributed by atoms with E-state index in [1.165, 1.54) is 68.6 Å². The van der Waals surface area contributed by atoms with Gasteiger partial charge in [0.05, 0.1) is 0 Å². The Bertz CT molecular complexity index is 1050. The van der Waals surface area contributed by atoms with Crippen molar-refractivity contribution in [3.63, 3.8) is 0 Å². The van der Waals surface area contributed by atoms with Crippen molar-refractivity contribution in [3.8, 4) is 0 Å². The van der Waals surface area contributed by atoms with Crippen LogP contribution in [0.4, 0.5) is 0 Å². The number of benzene rings is 2. The SMILES string of the molecule is CC(C)(C)N[C@H]1CC[C@@]2(C)C(CC[C@@H]3C2CC[C@]2(C)[C@@H](c4ccc5ccccc5c4)CC[C@@H]32)C1. The Labute approximate surface area is 208 Å². The van der Waals surface area contributed by atoms with Crippen molar-refractivity contribution < 1.29 is 0 Å². The van der Waals surface area contributed by atoms with Crippen LogP contribution >= 0.6 is 0 Å². The standard InChI is InChI=1S/C33H47N/c1-31(2,3)34-26-16-18-32(4)25(21-26)12-13-27-29-15-14-28(33(29,5)19-17-30(27)32)24-11-10-22-8-6-7-9-23(22)20-24/h6-11,20,25-30,34H,12-19,21H2,1-5H3/t25?,26-,27-,28+,29-,30?,32-,33+/m0/s1. The fourth-order valence-electron chi connectivity index (χ4n) is 9.97. The lowest BCUT2D eigenvalue weighted by atomic mass is 9.44. The van der Waals surface area contributed by atoms with Crippen LogP contribution < -0.4 is 5.32 Å². The van der Waals surface area contributed by atoms with Gasteiger partial charge in [-0.25, -0.2) is 0 Å². The molecule has 0 amide bonds. The Balaban J connectivity index is 1.23. The molecular weight excluding hydrogens is 410 g/mol. The molecule has 1 nitrogen and oxygen atoms in total. The molecule has 4 fully saturated rings. The largest absolute Gasteiger partial charge is 0.309 e. The molecule has 34 heavy (non-hydrogen) atoms. The average molecular weight is 458 g/mol. The number of hydrogen-bond donors (Lipinski definition) is 1. The Morgan fingerprint density at radius 2 is 1.50 bits per heavy atom. The number of nitrogens with one attached hydrogen (secondary N) is 1. The molecule has 2 unspecified atom stereocenters. The van der Waals surface area contributed by atoms with Gasteiger partial charge in [-0.15, -0.1) is 0 Å². The quantitative estimate of drug-likeness (QED) is 0.475. The van der Waals surface area contributed by atoms with Gasteiger partial charge in [0, 0.05) is 11.6 Å². The lowest BCUT2D eigenvalue weighted by Gasteiger charge is -2.61. The zero-order chi connectivity index (χ0) is 23.7. The fourth-order valence-corrected chi connectivity index (χ4v) is 9.97. The second-order valence-electron chi connectivity index (χ2n) is 14.3. The Morgan fingerprint density at radius 3 is 2.29 bits per heavy atom. The van der Waals surface area contributed by atoms with E-state index in [1.807, 2.05) is 0 Å². The molecule has 2 aromatic carbocycles. The van der Waals surface area contributed by atoms with Gasteiger partial charge in [-0.1, -0.05) is 56.3 Å². The van der Waals surface area contributed by atoms with Crippen LogP contribution in [0.25, 0.3) is 10.8 Å². The van der Waals surface area contributed by atoms with Crippen molar-refractivity contribution in [1.29, 1.82) is 0 Å². The summed E-state index contributed by atoms with van der Waals surface area (Å²) in [6, 6.07) is 17.0. The normalized spacial score (nSPS) is 42.1. The summed E-state index contributed by atoms with van der Waals surface area (Å²) < 4.78 is 0. The van der Waals surface area contributed by atoms with Gasteiger partial charge in [-0.2, -0.15) is 0 Å². The molecule has 4 aliphatic carbocycles. The van der Waals surface area contributed by atoms with Gasteiger partial charge in [0.1, 0.15) is 0 Å². The van der Waals surface area contributed by atoms with Crippen LogP contribution in [0.2, 0.25) is 0 Å². The third kappa shape index (κ3) is 3.68. The average Bonchev–Trinajstić information content (AvgIpc) is 3.15. The molecule has 0 bridgehead atoms. The number of rotatable bonds is 2. The maximum atomic E-state index is 3.96. The zero-order valence-electron chi connectivity index (χ0n) is 22.4. The van der Waals surface area contributed by atoms with Crippen LogP contribution in [0.5, 0.6) is 0 Å². The van der Waals surface area contributed by atoms with Gasteiger partial charge < -0.3 is 5.32 Å². The summed E-state index contributed by atoms with van der Waals surface area (Å²) in [5.41, 5.74) is 2.94. The van der Waals surface area contributed by atoms with Gasteiger partial charge in [-0.3, -0.25) is 0 Å². The first-order chi connectivity index (χ1) is 16.2. The zero-order valence-corrected chi connectivity index (χ0v) is 22.4. The van der Waals surface area contributed by atoms with Gasteiger partial charge in [0.25, 0.3) is 0 Å². The molecule has 1 N–H and O–H groups in total. The second-order valence-corrected chi connectivity index (χ2v) is 14.3. The van der Waals surface area contributed by atoms with E-state index < -0.39 is 0 Å². The molecular formula is C33H47N. The first-order valence-corrected chi connectivity index (χ1v) is 14.4. The van der Waals surface area contributed by atoms with E-state index >= 15 is 0 Å². The van der Waals surface area contributed by atoms with Crippen molar-refractivity contribution in [2.45, 2.75) is 110 Å². The molecule has 0 saturated heterocycles. The molecule has 4 aliphatic rings. The predicted octanol–water partition coefficient (Wildman–Crippen LogP) is 8.72. The fraction of sp³-hybridized carbons (Fsp3) is 0.697. The Morgan fingerprint density at radius 1 is 0.765 bits per heavy atom. The molecule has 0 aromatic heterocycles. The third-order valence-electron chi connectivity index (χ3n) is 11.5. The van der Waals surface area contributed by atoms with E-state index in [0.717, 1.165) is 35.6 Å². The van der Waals surface area contributed by atoms with E-state index in [2.05, 4.69) is 82.4 Å². The van der Waals surface area contributed by atoms with Crippen molar-refractivity contribution in [1.82, 2.24) is 5.32 Å². The van der Waals surface area contributed by atoms with Crippen LogP contribution in [0.3, 0.4) is 0 Å². The van der Waals surface area contributed by atoms with Crippen LogP contribution in [0, 0.1) is 34.5 Å². The smallest absolute Gasteiger partial charge is 0.00991 e. The van der Waals surface area contributed by atoms with Crippen LogP contribution in [-0.2, 0) is 0 Å². The summed E-state index contributed by atoms with van der Waals surface area (Å²) in [4.78, 5) is 0. The predicted molar refractivity (Wildman–Crippen MR) is 145 cm³/mol. The van der Waals surface area contributed by atoms with Gasteiger partial charge in [-0.05, 0) is 135 Å². The lowest BCUT2D eigenvalue weighted by molar-refractivity contribution is -0.110. The first kappa shape index (κ1) is 23.1. The minimum atomic E-state index is 0.240. The summed E-state index contributed by atoms with van der Waals surface area (Å²) in [5, 5.41) is 6.77. The summed E-state index contributed by atoms with van der Waals surface area (Å²) >= 11 is 0. The molecule has 0 spiro atoms. The van der Waals surface area contributed by atoms with E-state index in [9.17, 15) is 0 Å². The highest BCUT2D eigenvalue weighted by molar-refractivity contribution is 5.83. The lowest BCUT2D eigenvalue weighted by Crippen LogP contribution is -2.56. The van der Waals surface area contributed by atoms with Gasteiger partial charge in [0.15, 0.2) is 0 Å². The maximum Gasteiger partial charge on any atom is 0.00991 e. The van der Waals surface area contributed by atoms with Crippen LogP contribution in [0.15, 0.2) is 42.5 Å². The van der Waals surface area contributed by atoms with E-state index in [4.69, 9.17) is 0 Å². The summed E-state index contributed by atoms with van der Waals surface area (Å²) in [5.74, 6) is 4.56. The highest BCUT2D eigenvalue weighted by atomic mass is 15.0. The van der Waals surface area contributed by atoms with Gasteiger partial charge in [0.2, 0.25) is 0 Å². The second kappa shape index (κ2) is 8.09. The first-order valence-electron chi connectivity index (χ1n) is 14.4. The van der Waals surface area contributed by atoms with Gasteiger partial charge >= 0.3 is 0 Å². The van der Waals surface area contributed by atoms with Crippen LogP contribution in [-0.4, -0.2) is 11.6 Å². The topological polar surface area (TPSA) is 12.0 Å². The maximum absolute atomic E-state index is 3.96. The summed E-state index contributed by atoms with van der Waals surface area (Å²) in [6.45, 7) is 12.4. The number of hydrogen-bond acceptors (Lipinski definition) is 1. The highest BCUT2D eigenvalue weighted by Gasteiger charge is 2.60. The third-order valence-corrected chi connectivity index (χ3v) is 11.5. The highest BCUT2D eigenvalue weighted by Crippen LogP contribution is 2.69. The van der Waals surface area contributed by atoms with Crippen molar-refractivity contribution in [2.24, 2.45) is 34.5 Å². The minimum Gasteiger partial charge on any atom is -0.309 e. The molecule has 1 heteroatoms. The molecule has 4 saturated carbocycles. The number of fused-ring (bicyclic) bond motifs is 6. The Kier molecular flexibility index (Phi) is 5.49. The minimum absolute atomic E-state index is 0.240. The Hall–Kier alpha value is -1.34. The molecule has 0 radical (unpaired) electrons. The van der Waals surface area contributed by atoms with E-state index in [-0.39, 0.29) is 5.54 Å².